The van der Waals surface area contributed by atoms with Gasteiger partial charge in [-0.3, -0.25) is 24.1 Å². The van der Waals surface area contributed by atoms with Crippen molar-refractivity contribution in [2.75, 3.05) is 30.4 Å². The number of carbonyl (C=O) groups is 4. The summed E-state index contributed by atoms with van der Waals surface area (Å²) in [4.78, 5) is 49.9. The van der Waals surface area contributed by atoms with E-state index in [1.165, 1.54) is 7.11 Å². The fraction of sp³-hybridized carbons (Fsp3) is 0.412. The molecule has 3 rings (SSSR count). The number of hydrogen-bond donors (Lipinski definition) is 1. The van der Waals surface area contributed by atoms with E-state index in [9.17, 15) is 19.2 Å². The molecule has 0 unspecified atom stereocenters. The first-order valence-corrected chi connectivity index (χ1v) is 8.11. The predicted molar refractivity (Wildman–Crippen MR) is 89.2 cm³/mol. The van der Waals surface area contributed by atoms with Crippen LogP contribution in [0.25, 0.3) is 0 Å². The summed E-state index contributed by atoms with van der Waals surface area (Å²) >= 11 is 0. The maximum absolute atomic E-state index is 12.1. The fourth-order valence-corrected chi connectivity index (χ4v) is 3.02. The molecule has 2 heterocycles. The highest BCUT2D eigenvalue weighted by Crippen LogP contribution is 2.34. The maximum Gasteiger partial charge on any atom is 0.244 e. The topological polar surface area (TPSA) is 96.0 Å². The minimum absolute atomic E-state index is 0.00929. The van der Waals surface area contributed by atoms with Gasteiger partial charge in [0.25, 0.3) is 0 Å². The SMILES string of the molecule is COc1ccc(NC(=O)CN2C(=O)CCC2=O)cc1N1CCCC1=O. The first-order valence-electron chi connectivity index (χ1n) is 8.11. The van der Waals surface area contributed by atoms with Gasteiger partial charge in [-0.05, 0) is 24.6 Å². The molecule has 2 fully saturated rings. The van der Waals surface area contributed by atoms with E-state index in [2.05, 4.69) is 5.32 Å². The van der Waals surface area contributed by atoms with Crippen molar-refractivity contribution in [1.82, 2.24) is 4.90 Å². The zero-order valence-corrected chi connectivity index (χ0v) is 13.9. The number of carbonyl (C=O) groups excluding carboxylic acids is 4. The maximum atomic E-state index is 12.1. The van der Waals surface area contributed by atoms with Crippen molar-refractivity contribution in [3.05, 3.63) is 18.2 Å². The van der Waals surface area contributed by atoms with Crippen LogP contribution in [0.4, 0.5) is 11.4 Å². The standard InChI is InChI=1S/C17H19N3O5/c1-25-13-5-4-11(9-12(13)19-8-2-3-15(19)22)18-14(21)10-20-16(23)6-7-17(20)24/h4-5,9H,2-3,6-8,10H2,1H3,(H,18,21). The van der Waals surface area contributed by atoms with Crippen LogP contribution in [0.5, 0.6) is 5.75 Å². The zero-order valence-electron chi connectivity index (χ0n) is 13.9. The van der Waals surface area contributed by atoms with Crippen molar-refractivity contribution in [2.24, 2.45) is 0 Å². The van der Waals surface area contributed by atoms with Crippen LogP contribution < -0.4 is 15.0 Å². The number of methoxy groups -OCH3 is 1. The Hall–Kier alpha value is -2.90. The van der Waals surface area contributed by atoms with Crippen molar-refractivity contribution in [3.63, 3.8) is 0 Å². The van der Waals surface area contributed by atoms with Crippen molar-refractivity contribution in [3.8, 4) is 5.75 Å². The summed E-state index contributed by atoms with van der Waals surface area (Å²) in [7, 11) is 1.52. The van der Waals surface area contributed by atoms with Crippen molar-refractivity contribution < 1.29 is 23.9 Å². The molecule has 2 aliphatic rings. The molecule has 8 heteroatoms. The van der Waals surface area contributed by atoms with E-state index in [-0.39, 0.29) is 37.1 Å². The third-order valence-corrected chi connectivity index (χ3v) is 4.28. The molecule has 132 valence electrons. The van der Waals surface area contributed by atoms with Crippen molar-refractivity contribution >= 4 is 35.0 Å². The van der Waals surface area contributed by atoms with Gasteiger partial charge in [0.1, 0.15) is 12.3 Å². The third-order valence-electron chi connectivity index (χ3n) is 4.28. The number of hydrogen-bond acceptors (Lipinski definition) is 5. The summed E-state index contributed by atoms with van der Waals surface area (Å²) in [6, 6.07) is 4.98. The number of benzene rings is 1. The average molecular weight is 345 g/mol. The van der Waals surface area contributed by atoms with Gasteiger partial charge < -0.3 is 15.0 Å². The number of rotatable bonds is 5. The molecule has 0 aromatic heterocycles. The summed E-state index contributed by atoms with van der Waals surface area (Å²) < 4.78 is 5.30. The van der Waals surface area contributed by atoms with E-state index in [0.717, 1.165) is 11.3 Å². The Kier molecular flexibility index (Phi) is 4.69. The van der Waals surface area contributed by atoms with Gasteiger partial charge in [0.2, 0.25) is 23.6 Å². The van der Waals surface area contributed by atoms with Gasteiger partial charge in [0.15, 0.2) is 0 Å². The number of ether oxygens (including phenoxy) is 1. The molecule has 4 amide bonds. The molecule has 0 bridgehead atoms. The van der Waals surface area contributed by atoms with Crippen LogP contribution in [0.1, 0.15) is 25.7 Å². The molecule has 1 aromatic carbocycles. The second kappa shape index (κ2) is 6.92. The number of likely N-dealkylation sites (tertiary alicyclic amines) is 1. The summed E-state index contributed by atoms with van der Waals surface area (Å²) in [5.41, 5.74) is 1.07. The van der Waals surface area contributed by atoms with Gasteiger partial charge in [-0.1, -0.05) is 0 Å². The molecule has 1 aromatic rings. The lowest BCUT2D eigenvalue weighted by molar-refractivity contribution is -0.141. The van der Waals surface area contributed by atoms with E-state index in [1.807, 2.05) is 0 Å². The highest BCUT2D eigenvalue weighted by atomic mass is 16.5. The van der Waals surface area contributed by atoms with E-state index in [1.54, 1.807) is 23.1 Å². The first-order chi connectivity index (χ1) is 12.0. The van der Waals surface area contributed by atoms with Crippen LogP contribution in [0.3, 0.4) is 0 Å². The van der Waals surface area contributed by atoms with E-state index in [0.29, 0.717) is 30.1 Å². The number of imide groups is 1. The molecule has 2 aliphatic heterocycles. The van der Waals surface area contributed by atoms with E-state index >= 15 is 0 Å². The van der Waals surface area contributed by atoms with E-state index in [4.69, 9.17) is 4.74 Å². The summed E-state index contributed by atoms with van der Waals surface area (Å²) in [5.74, 6) is -0.586. The van der Waals surface area contributed by atoms with Gasteiger partial charge in [0.05, 0.1) is 12.8 Å². The molecule has 0 radical (unpaired) electrons. The predicted octanol–water partition coefficient (Wildman–Crippen LogP) is 0.909. The molecule has 0 atom stereocenters. The summed E-state index contributed by atoms with van der Waals surface area (Å²) in [6.45, 7) is 0.297. The van der Waals surface area contributed by atoms with Gasteiger partial charge in [-0.15, -0.1) is 0 Å². The molecule has 1 N–H and O–H groups in total. The largest absolute Gasteiger partial charge is 0.495 e. The van der Waals surface area contributed by atoms with Gasteiger partial charge in [-0.25, -0.2) is 0 Å². The zero-order chi connectivity index (χ0) is 18.0. The second-order valence-corrected chi connectivity index (χ2v) is 5.96. The van der Waals surface area contributed by atoms with Crippen LogP contribution in [0.2, 0.25) is 0 Å². The lowest BCUT2D eigenvalue weighted by Gasteiger charge is -2.20. The first kappa shape index (κ1) is 16.9. The average Bonchev–Trinajstić information content (AvgIpc) is 3.15. The summed E-state index contributed by atoms with van der Waals surface area (Å²) in [5, 5.41) is 2.66. The normalized spacial score (nSPS) is 17.4. The highest BCUT2D eigenvalue weighted by molar-refractivity contribution is 6.06. The van der Waals surface area contributed by atoms with Crippen LogP contribution >= 0.6 is 0 Å². The van der Waals surface area contributed by atoms with Gasteiger partial charge in [0, 0.05) is 31.5 Å². The van der Waals surface area contributed by atoms with Crippen LogP contribution in [0, 0.1) is 0 Å². The molecule has 8 nitrogen and oxygen atoms in total. The fourth-order valence-electron chi connectivity index (χ4n) is 3.02. The van der Waals surface area contributed by atoms with E-state index < -0.39 is 5.91 Å². The molecule has 25 heavy (non-hydrogen) atoms. The molecule has 0 aliphatic carbocycles. The van der Waals surface area contributed by atoms with Crippen LogP contribution in [-0.2, 0) is 19.2 Å². The van der Waals surface area contributed by atoms with Crippen molar-refractivity contribution in [1.29, 1.82) is 0 Å². The number of nitrogens with one attached hydrogen (secondary N) is 1. The Morgan fingerprint density at radius 1 is 1.12 bits per heavy atom. The Morgan fingerprint density at radius 2 is 1.84 bits per heavy atom. The Balaban J connectivity index is 1.74. The lowest BCUT2D eigenvalue weighted by atomic mass is 10.2. The van der Waals surface area contributed by atoms with Gasteiger partial charge >= 0.3 is 0 Å². The van der Waals surface area contributed by atoms with Crippen LogP contribution in [-0.4, -0.2) is 48.7 Å². The monoisotopic (exact) mass is 345 g/mol. The molecule has 2 saturated heterocycles. The minimum Gasteiger partial charge on any atom is -0.495 e. The number of nitrogens with zero attached hydrogens (tertiary/aromatic N) is 2. The third kappa shape index (κ3) is 3.47. The minimum atomic E-state index is -0.465. The van der Waals surface area contributed by atoms with Crippen molar-refractivity contribution in [2.45, 2.75) is 25.7 Å². The second-order valence-electron chi connectivity index (χ2n) is 5.96. The Bertz CT molecular complexity index is 730. The Morgan fingerprint density at radius 3 is 2.44 bits per heavy atom. The number of anilines is 2. The van der Waals surface area contributed by atoms with Gasteiger partial charge in [-0.2, -0.15) is 0 Å². The molecule has 0 spiro atoms. The van der Waals surface area contributed by atoms with Crippen LogP contribution in [0.15, 0.2) is 18.2 Å². The number of amides is 4. The molecule has 0 saturated carbocycles. The quantitative estimate of drug-likeness (QED) is 0.800. The molecular weight excluding hydrogens is 326 g/mol. The highest BCUT2D eigenvalue weighted by Gasteiger charge is 2.30. The molecular formula is C17H19N3O5. The summed E-state index contributed by atoms with van der Waals surface area (Å²) in [6.07, 6.45) is 1.56. The smallest absolute Gasteiger partial charge is 0.244 e. The lowest BCUT2D eigenvalue weighted by Crippen LogP contribution is -2.36. The Labute approximate surface area is 144 Å².